The average Bonchev–Trinajstić information content (AvgIpc) is 3.15. The van der Waals surface area contributed by atoms with E-state index < -0.39 is 24.0 Å². The Hall–Kier alpha value is -3.69. The highest BCUT2D eigenvalue weighted by Crippen LogP contribution is 2.44. The highest BCUT2D eigenvalue weighted by molar-refractivity contribution is 9.10. The lowest BCUT2D eigenvalue weighted by atomic mass is 9.98. The van der Waals surface area contributed by atoms with Crippen LogP contribution in [0.1, 0.15) is 27.4 Å². The molecule has 0 spiro atoms. The van der Waals surface area contributed by atoms with Crippen molar-refractivity contribution in [3.05, 3.63) is 87.9 Å². The molecule has 0 saturated heterocycles. The van der Waals surface area contributed by atoms with E-state index >= 15 is 0 Å². The van der Waals surface area contributed by atoms with Crippen LogP contribution < -0.4 is 10.6 Å². The van der Waals surface area contributed by atoms with E-state index in [0.717, 1.165) is 22.3 Å². The quantitative estimate of drug-likeness (QED) is 0.385. The van der Waals surface area contributed by atoms with Crippen LogP contribution in [0.15, 0.2) is 71.2 Å². The number of hydrogen-bond donors (Lipinski definition) is 3. The number of rotatable bonds is 8. The van der Waals surface area contributed by atoms with Gasteiger partial charge in [-0.2, -0.15) is 0 Å². The second kappa shape index (κ2) is 10.7. The molecule has 4 rings (SSSR count). The monoisotopic (exact) mass is 538 g/mol. The molecule has 2 amide bonds. The van der Waals surface area contributed by atoms with E-state index in [1.165, 1.54) is 19.2 Å². The number of carbonyl (C=O) groups is 3. The van der Waals surface area contributed by atoms with Crippen molar-refractivity contribution < 1.29 is 29.0 Å². The first-order valence-electron chi connectivity index (χ1n) is 10.8. The predicted molar refractivity (Wildman–Crippen MR) is 134 cm³/mol. The minimum atomic E-state index is -1.22. The van der Waals surface area contributed by atoms with Crippen LogP contribution in [0.3, 0.4) is 0 Å². The number of carbonyl (C=O) groups excluding carboxylic acids is 2. The first-order chi connectivity index (χ1) is 16.9. The molecule has 0 saturated carbocycles. The Morgan fingerprint density at radius 2 is 1.63 bits per heavy atom. The van der Waals surface area contributed by atoms with Gasteiger partial charge in [0, 0.05) is 28.8 Å². The predicted octanol–water partition coefficient (Wildman–Crippen LogP) is 4.64. The molecule has 3 aromatic rings. The number of fused-ring (bicyclic) bond motifs is 3. The molecule has 1 aliphatic rings. The number of nitrogens with one attached hydrogen (secondary N) is 2. The fraction of sp³-hybridized carbons (Fsp3) is 0.192. The minimum Gasteiger partial charge on any atom is -0.480 e. The third-order valence-corrected chi connectivity index (χ3v) is 6.14. The third kappa shape index (κ3) is 5.52. The molecule has 3 aromatic carbocycles. The number of anilines is 1. The smallest absolute Gasteiger partial charge is 0.411 e. The van der Waals surface area contributed by atoms with Gasteiger partial charge in [0.15, 0.2) is 6.04 Å². The van der Waals surface area contributed by atoms with Gasteiger partial charge in [-0.3, -0.25) is 10.1 Å². The summed E-state index contributed by atoms with van der Waals surface area (Å²) in [5.41, 5.74) is 4.95. The molecule has 0 aliphatic heterocycles. The van der Waals surface area contributed by atoms with Gasteiger partial charge in [-0.05, 0) is 40.5 Å². The summed E-state index contributed by atoms with van der Waals surface area (Å²) >= 11 is 3.31. The molecule has 0 heterocycles. The molecule has 0 bridgehead atoms. The Kier molecular flexibility index (Phi) is 7.48. The van der Waals surface area contributed by atoms with Gasteiger partial charge in [0.05, 0.1) is 6.61 Å². The molecule has 1 atom stereocenters. The van der Waals surface area contributed by atoms with Gasteiger partial charge in [-0.25, -0.2) is 9.59 Å². The molecule has 180 valence electrons. The lowest BCUT2D eigenvalue weighted by Gasteiger charge is -2.16. The lowest BCUT2D eigenvalue weighted by molar-refractivity contribution is -0.140. The van der Waals surface area contributed by atoms with E-state index in [2.05, 4.69) is 38.7 Å². The summed E-state index contributed by atoms with van der Waals surface area (Å²) in [7, 11) is 1.34. The number of hydrogen-bond acceptors (Lipinski definition) is 5. The van der Waals surface area contributed by atoms with E-state index in [1.54, 1.807) is 6.07 Å². The number of ether oxygens (including phenoxy) is 2. The van der Waals surface area contributed by atoms with E-state index in [9.17, 15) is 19.5 Å². The second-order valence-electron chi connectivity index (χ2n) is 8.00. The zero-order valence-corrected chi connectivity index (χ0v) is 20.4. The Balaban J connectivity index is 1.43. The summed E-state index contributed by atoms with van der Waals surface area (Å²) in [5.74, 6) is -1.91. The van der Waals surface area contributed by atoms with E-state index in [4.69, 9.17) is 9.47 Å². The van der Waals surface area contributed by atoms with Crippen molar-refractivity contribution in [2.75, 3.05) is 25.6 Å². The van der Waals surface area contributed by atoms with Crippen molar-refractivity contribution in [3.8, 4) is 11.1 Å². The van der Waals surface area contributed by atoms with Gasteiger partial charge in [0.25, 0.3) is 5.91 Å². The molecule has 35 heavy (non-hydrogen) atoms. The fourth-order valence-electron chi connectivity index (χ4n) is 4.13. The standard InChI is InChI=1S/C26H23BrN2O6/c1-34-14-23(25(31)32)29-24(30)15-10-16(27)12-17(11-15)28-26(33)35-13-22-20-8-4-2-6-18(20)19-7-3-5-9-21(19)22/h2-12,22-23H,13-14H2,1H3,(H,28,33)(H,29,30)(H,31,32)/t23-/m0/s1. The Bertz CT molecular complexity index is 1230. The molecule has 8 nitrogen and oxygen atoms in total. The summed E-state index contributed by atoms with van der Waals surface area (Å²) in [6, 6.07) is 19.5. The molecule has 3 N–H and O–H groups in total. The highest BCUT2D eigenvalue weighted by Gasteiger charge is 2.29. The van der Waals surface area contributed by atoms with Crippen LogP contribution in [0.25, 0.3) is 11.1 Å². The summed E-state index contributed by atoms with van der Waals surface area (Å²) in [6.45, 7) is -0.0293. The van der Waals surface area contributed by atoms with E-state index in [0.29, 0.717) is 10.2 Å². The third-order valence-electron chi connectivity index (χ3n) is 5.69. The zero-order chi connectivity index (χ0) is 24.9. The molecular formula is C26H23BrN2O6. The highest BCUT2D eigenvalue weighted by atomic mass is 79.9. The Labute approximate surface area is 210 Å². The van der Waals surface area contributed by atoms with Crippen molar-refractivity contribution >= 4 is 39.6 Å². The average molecular weight is 539 g/mol. The van der Waals surface area contributed by atoms with Gasteiger partial charge >= 0.3 is 12.1 Å². The number of amides is 2. The van der Waals surface area contributed by atoms with Gasteiger partial charge in [-0.1, -0.05) is 64.5 Å². The van der Waals surface area contributed by atoms with Crippen LogP contribution in [-0.2, 0) is 14.3 Å². The van der Waals surface area contributed by atoms with E-state index in [-0.39, 0.29) is 24.7 Å². The van der Waals surface area contributed by atoms with Gasteiger partial charge in [0.2, 0.25) is 0 Å². The Morgan fingerprint density at radius 3 is 2.23 bits per heavy atom. The first kappa shape index (κ1) is 24.4. The maximum atomic E-state index is 12.6. The van der Waals surface area contributed by atoms with Crippen molar-refractivity contribution in [2.45, 2.75) is 12.0 Å². The first-order valence-corrected chi connectivity index (χ1v) is 11.6. The number of carboxylic acid groups (broad SMARTS) is 1. The molecule has 9 heteroatoms. The fourth-order valence-corrected chi connectivity index (χ4v) is 4.62. The minimum absolute atomic E-state index is 0.0780. The molecule has 0 unspecified atom stereocenters. The molecule has 0 aromatic heterocycles. The zero-order valence-electron chi connectivity index (χ0n) is 18.8. The van der Waals surface area contributed by atoms with Crippen LogP contribution in [0, 0.1) is 0 Å². The van der Waals surface area contributed by atoms with Crippen molar-refractivity contribution in [2.24, 2.45) is 0 Å². The van der Waals surface area contributed by atoms with Crippen molar-refractivity contribution in [1.29, 1.82) is 0 Å². The van der Waals surface area contributed by atoms with Gasteiger partial charge in [-0.15, -0.1) is 0 Å². The van der Waals surface area contributed by atoms with Crippen LogP contribution in [0.4, 0.5) is 10.5 Å². The number of aliphatic carboxylic acids is 1. The van der Waals surface area contributed by atoms with Crippen LogP contribution in [-0.4, -0.2) is 49.4 Å². The molecule has 1 aliphatic carbocycles. The van der Waals surface area contributed by atoms with Crippen LogP contribution in [0.5, 0.6) is 0 Å². The molecule has 0 fully saturated rings. The summed E-state index contributed by atoms with van der Waals surface area (Å²) in [6.07, 6.45) is -0.667. The molecular weight excluding hydrogens is 516 g/mol. The summed E-state index contributed by atoms with van der Waals surface area (Å²) in [4.78, 5) is 36.5. The van der Waals surface area contributed by atoms with Crippen molar-refractivity contribution in [1.82, 2.24) is 5.32 Å². The number of carboxylic acids is 1. The maximum Gasteiger partial charge on any atom is 0.411 e. The second-order valence-corrected chi connectivity index (χ2v) is 8.91. The number of benzene rings is 3. The SMILES string of the molecule is COC[C@H](NC(=O)c1cc(Br)cc(NC(=O)OCC2c3ccccc3-c3ccccc32)c1)C(=O)O. The van der Waals surface area contributed by atoms with Crippen molar-refractivity contribution in [3.63, 3.8) is 0 Å². The lowest BCUT2D eigenvalue weighted by Crippen LogP contribution is -2.43. The number of halogens is 1. The maximum absolute atomic E-state index is 12.6. The summed E-state index contributed by atoms with van der Waals surface area (Å²) < 4.78 is 10.9. The summed E-state index contributed by atoms with van der Waals surface area (Å²) in [5, 5.41) is 14.3. The van der Waals surface area contributed by atoms with Gasteiger partial charge in [0.1, 0.15) is 6.61 Å². The largest absolute Gasteiger partial charge is 0.480 e. The van der Waals surface area contributed by atoms with E-state index in [1.807, 2.05) is 36.4 Å². The van der Waals surface area contributed by atoms with Gasteiger partial charge < -0.3 is 19.9 Å². The van der Waals surface area contributed by atoms with Crippen LogP contribution in [0.2, 0.25) is 0 Å². The van der Waals surface area contributed by atoms with Crippen LogP contribution >= 0.6 is 15.9 Å². The molecule has 0 radical (unpaired) electrons. The normalized spacial score (nSPS) is 12.9. The number of methoxy groups -OCH3 is 1. The Morgan fingerprint density at radius 1 is 1.00 bits per heavy atom. The topological polar surface area (TPSA) is 114 Å².